The first kappa shape index (κ1) is 36.1. The summed E-state index contributed by atoms with van der Waals surface area (Å²) in [5.74, 6) is -1.30. The fourth-order valence-electron chi connectivity index (χ4n) is 5.94. The molecule has 4 rings (SSSR count). The highest BCUT2D eigenvalue weighted by molar-refractivity contribution is 5.99. The summed E-state index contributed by atoms with van der Waals surface area (Å²) in [6.45, 7) is 4.56. The number of nitriles is 1. The Morgan fingerprint density at radius 3 is 2.56 bits per heavy atom. The lowest BCUT2D eigenvalue weighted by Gasteiger charge is -2.25. The molecule has 2 fully saturated rings. The third kappa shape index (κ3) is 9.20. The number of hydrogen-bond donors (Lipinski definition) is 5. The number of benzene rings is 1. The molecule has 2 aliphatic rings. The van der Waals surface area contributed by atoms with E-state index in [-0.39, 0.29) is 36.0 Å². The van der Waals surface area contributed by atoms with Crippen LogP contribution in [0.1, 0.15) is 76.2 Å². The number of aliphatic imine (C=N–C) groups is 1. The Bertz CT molecular complexity index is 1510. The average Bonchev–Trinajstić information content (AvgIpc) is 3.64. The van der Waals surface area contributed by atoms with E-state index in [1.807, 2.05) is 12.1 Å². The monoisotopic (exact) mass is 664 g/mol. The van der Waals surface area contributed by atoms with Crippen molar-refractivity contribution in [2.24, 2.45) is 16.6 Å². The van der Waals surface area contributed by atoms with E-state index in [1.54, 1.807) is 45.0 Å². The number of aliphatic hydroxyl groups excluding tert-OH is 1. The number of aliphatic hydroxyl groups is 1. The third-order valence-electron chi connectivity index (χ3n) is 8.26. The molecule has 2 aromatic rings. The van der Waals surface area contributed by atoms with E-state index in [0.29, 0.717) is 0 Å². The Balaban J connectivity index is 1.57. The Labute approximate surface area is 279 Å². The van der Waals surface area contributed by atoms with E-state index in [4.69, 9.17) is 30.1 Å². The van der Waals surface area contributed by atoms with Crippen molar-refractivity contribution in [2.75, 3.05) is 6.61 Å². The molecule has 5 atom stereocenters. The highest BCUT2D eigenvalue weighted by Gasteiger charge is 2.59. The number of nitrogens with one attached hydrogen (secondary N) is 3. The highest BCUT2D eigenvalue weighted by Crippen LogP contribution is 2.41. The van der Waals surface area contributed by atoms with Gasteiger partial charge in [-0.05, 0) is 57.2 Å². The third-order valence-corrected chi connectivity index (χ3v) is 8.26. The van der Waals surface area contributed by atoms with Crippen LogP contribution in [0.2, 0.25) is 0 Å². The van der Waals surface area contributed by atoms with Gasteiger partial charge in [-0.3, -0.25) is 10.2 Å². The summed E-state index contributed by atoms with van der Waals surface area (Å²) in [6, 6.07) is 12.8. The number of amidine groups is 1. The molecule has 0 radical (unpaired) electrons. The van der Waals surface area contributed by atoms with Gasteiger partial charge in [-0.15, -0.1) is 0 Å². The van der Waals surface area contributed by atoms with Crippen LogP contribution in [0.3, 0.4) is 0 Å². The molecule has 1 saturated heterocycles. The number of hydrogen-bond acceptors (Lipinski definition) is 10. The molecular weight excluding hydrogens is 620 g/mol. The van der Waals surface area contributed by atoms with Gasteiger partial charge in [0.05, 0.1) is 11.4 Å². The summed E-state index contributed by atoms with van der Waals surface area (Å²) < 4.78 is 22.9. The van der Waals surface area contributed by atoms with Crippen LogP contribution in [0.25, 0.3) is 0 Å². The fourth-order valence-corrected chi connectivity index (χ4v) is 5.94. The fraction of sp³-hybridized carbons (Fsp3) is 0.529. The van der Waals surface area contributed by atoms with Crippen LogP contribution in [0.4, 0.5) is 4.79 Å². The lowest BCUT2D eigenvalue weighted by molar-refractivity contribution is -0.162. The molecule has 14 heteroatoms. The Morgan fingerprint density at radius 1 is 1.21 bits per heavy atom. The van der Waals surface area contributed by atoms with E-state index in [1.165, 1.54) is 12.1 Å². The molecule has 6 N–H and O–H groups in total. The number of aromatic nitrogens is 1. The summed E-state index contributed by atoms with van der Waals surface area (Å²) in [5, 5.41) is 31.7. The molecule has 2 heterocycles. The minimum absolute atomic E-state index is 0.0419. The largest absolute Gasteiger partial charge is 0.461 e. The summed E-state index contributed by atoms with van der Waals surface area (Å²) in [5.41, 5.74) is 4.10. The molecule has 0 spiro atoms. The van der Waals surface area contributed by atoms with Crippen molar-refractivity contribution < 1.29 is 38.4 Å². The lowest BCUT2D eigenvalue weighted by Crippen LogP contribution is -2.46. The zero-order chi connectivity index (χ0) is 34.9. The molecule has 1 aliphatic carbocycles. The van der Waals surface area contributed by atoms with Crippen molar-refractivity contribution in [3.05, 3.63) is 59.4 Å². The maximum atomic E-state index is 13.5. The number of nitrogens with two attached hydrogens (primary N) is 1. The number of ether oxygens (including phenoxy) is 4. The van der Waals surface area contributed by atoms with Crippen LogP contribution >= 0.6 is 0 Å². The smallest absolute Gasteiger partial charge is 0.408 e. The van der Waals surface area contributed by atoms with Crippen LogP contribution in [-0.4, -0.2) is 76.9 Å². The van der Waals surface area contributed by atoms with Crippen LogP contribution in [0.5, 0.6) is 0 Å². The normalized spacial score (nSPS) is 23.8. The van der Waals surface area contributed by atoms with Crippen molar-refractivity contribution in [2.45, 2.75) is 101 Å². The SMILES string of the molecule is CC(C)(C)OC(=O)N[C@@H](Cc1ccccc1)C(=O)OC[C@H]1O[C@@](C#N)(c2ccc(/C(N)=N\C=N)[nH]2)[C@H](O)[C@@H]1OC(=O)CC1CCCCC1. The number of amides is 1. The molecule has 1 saturated carbocycles. The first-order chi connectivity index (χ1) is 22.8. The molecule has 1 aromatic heterocycles. The molecule has 1 aromatic carbocycles. The Morgan fingerprint density at radius 2 is 1.92 bits per heavy atom. The second-order valence-corrected chi connectivity index (χ2v) is 13.1. The van der Waals surface area contributed by atoms with E-state index >= 15 is 0 Å². The van der Waals surface area contributed by atoms with Gasteiger partial charge in [0.15, 0.2) is 6.10 Å². The van der Waals surface area contributed by atoms with Gasteiger partial charge in [-0.25, -0.2) is 14.6 Å². The standard InChI is InChI=1S/C34H44N6O8/c1-33(2,3)48-32(44)40-24(16-21-10-6-4-7-11-21)31(43)45-18-25-28(46-27(41)17-22-12-8-5-9-13-22)29(42)34(19-35,47-25)26-15-14-23(39-26)30(37)38-20-36/h4,6-7,10-11,14-15,20,22,24-25,28-29,39,42H,5,8-9,12-13,16-18H2,1-3H3,(H,40,44)(H3,36,37,38)/t24-,25+,28+,29+,34-/m0/s1. The molecule has 0 unspecified atom stereocenters. The zero-order valence-corrected chi connectivity index (χ0v) is 27.4. The maximum absolute atomic E-state index is 13.5. The number of carbonyl (C=O) groups excluding carboxylic acids is 3. The Kier molecular flexibility index (Phi) is 12.0. The van der Waals surface area contributed by atoms with Crippen molar-refractivity contribution in [1.29, 1.82) is 10.7 Å². The topological polar surface area (TPSA) is 222 Å². The van der Waals surface area contributed by atoms with E-state index in [0.717, 1.165) is 44.0 Å². The van der Waals surface area contributed by atoms with Crippen LogP contribution in [0.15, 0.2) is 47.5 Å². The maximum Gasteiger partial charge on any atom is 0.408 e. The van der Waals surface area contributed by atoms with Gasteiger partial charge in [0.25, 0.3) is 0 Å². The summed E-state index contributed by atoms with van der Waals surface area (Å²) >= 11 is 0. The molecule has 14 nitrogen and oxygen atoms in total. The number of alkyl carbamates (subject to hydrolysis) is 1. The average molecular weight is 665 g/mol. The van der Waals surface area contributed by atoms with Gasteiger partial charge in [-0.2, -0.15) is 5.26 Å². The van der Waals surface area contributed by atoms with Gasteiger partial charge in [0.1, 0.15) is 48.7 Å². The minimum atomic E-state index is -2.08. The van der Waals surface area contributed by atoms with Crippen molar-refractivity contribution >= 4 is 30.2 Å². The number of esters is 2. The molecule has 1 amide bonds. The van der Waals surface area contributed by atoms with Gasteiger partial charge in [-0.1, -0.05) is 49.6 Å². The van der Waals surface area contributed by atoms with E-state index < -0.39 is 60.2 Å². The van der Waals surface area contributed by atoms with Crippen LogP contribution in [-0.2, 0) is 40.6 Å². The lowest BCUT2D eigenvalue weighted by atomic mass is 9.87. The van der Waals surface area contributed by atoms with E-state index in [9.17, 15) is 24.8 Å². The number of rotatable bonds is 12. The number of H-pyrrole nitrogens is 1. The summed E-state index contributed by atoms with van der Waals surface area (Å²) in [4.78, 5) is 45.9. The first-order valence-electron chi connectivity index (χ1n) is 16.0. The second-order valence-electron chi connectivity index (χ2n) is 13.1. The van der Waals surface area contributed by atoms with Crippen molar-refractivity contribution in [3.63, 3.8) is 0 Å². The zero-order valence-electron chi connectivity index (χ0n) is 27.4. The van der Waals surface area contributed by atoms with Gasteiger partial charge < -0.3 is 40.1 Å². The van der Waals surface area contributed by atoms with Crippen LogP contribution < -0.4 is 11.1 Å². The summed E-state index contributed by atoms with van der Waals surface area (Å²) in [6.07, 6.45) is 0.722. The molecule has 1 aliphatic heterocycles. The summed E-state index contributed by atoms with van der Waals surface area (Å²) in [7, 11) is 0. The minimum Gasteiger partial charge on any atom is -0.461 e. The molecule has 48 heavy (non-hydrogen) atoms. The predicted molar refractivity (Wildman–Crippen MR) is 174 cm³/mol. The first-order valence-corrected chi connectivity index (χ1v) is 16.0. The van der Waals surface area contributed by atoms with Gasteiger partial charge in [0, 0.05) is 12.8 Å². The highest BCUT2D eigenvalue weighted by atomic mass is 16.6. The van der Waals surface area contributed by atoms with Crippen molar-refractivity contribution in [3.8, 4) is 6.07 Å². The number of aromatic amines is 1. The van der Waals surface area contributed by atoms with Gasteiger partial charge in [0.2, 0.25) is 5.60 Å². The molecule has 258 valence electrons. The predicted octanol–water partition coefficient (Wildman–Crippen LogP) is 3.37. The quantitative estimate of drug-likeness (QED) is 0.0963. The molecule has 0 bridgehead atoms. The van der Waals surface area contributed by atoms with Crippen molar-refractivity contribution in [1.82, 2.24) is 10.3 Å². The molecular formula is C34H44N6O8. The second kappa shape index (κ2) is 15.9. The Hall–Kier alpha value is -4.74. The van der Waals surface area contributed by atoms with Gasteiger partial charge >= 0.3 is 18.0 Å². The van der Waals surface area contributed by atoms with Crippen LogP contribution in [0, 0.1) is 22.7 Å². The number of nitrogens with zero attached hydrogens (tertiary/aromatic N) is 2. The van der Waals surface area contributed by atoms with E-state index in [2.05, 4.69) is 15.3 Å². The number of carbonyl (C=O) groups is 3.